The van der Waals surface area contributed by atoms with Crippen molar-refractivity contribution in [2.75, 3.05) is 13.1 Å². The topological polar surface area (TPSA) is 12.0 Å². The first-order valence-electron chi connectivity index (χ1n) is 4.67. The van der Waals surface area contributed by atoms with Crippen LogP contribution in [0.15, 0.2) is 11.1 Å². The van der Waals surface area contributed by atoms with Gasteiger partial charge in [-0.25, -0.2) is 0 Å². The van der Waals surface area contributed by atoms with Crippen molar-refractivity contribution in [2.24, 2.45) is 5.92 Å². The summed E-state index contributed by atoms with van der Waals surface area (Å²) in [4.78, 5) is 0. The third-order valence-corrected chi connectivity index (χ3v) is 1.98. The zero-order valence-electron chi connectivity index (χ0n) is 8.20. The first-order valence-corrected chi connectivity index (χ1v) is 5.46. The summed E-state index contributed by atoms with van der Waals surface area (Å²) in [5.41, 5.74) is 0. The second kappa shape index (κ2) is 7.81. The van der Waals surface area contributed by atoms with Gasteiger partial charge < -0.3 is 5.32 Å². The molecule has 0 aromatic rings. The van der Waals surface area contributed by atoms with Crippen LogP contribution >= 0.6 is 15.9 Å². The van der Waals surface area contributed by atoms with Gasteiger partial charge in [-0.05, 0) is 18.9 Å². The summed E-state index contributed by atoms with van der Waals surface area (Å²) >= 11 is 3.31. The molecule has 0 aromatic carbocycles. The Kier molecular flexibility index (Phi) is 7.93. The summed E-state index contributed by atoms with van der Waals surface area (Å²) < 4.78 is 1.03. The Labute approximate surface area is 84.8 Å². The van der Waals surface area contributed by atoms with Gasteiger partial charge in [0.25, 0.3) is 0 Å². The SMILES string of the molecule is C=C(Br)CNCCCCC(C)C. The van der Waals surface area contributed by atoms with E-state index < -0.39 is 0 Å². The van der Waals surface area contributed by atoms with Crippen molar-refractivity contribution in [1.29, 1.82) is 0 Å². The van der Waals surface area contributed by atoms with Crippen molar-refractivity contribution in [3.05, 3.63) is 11.1 Å². The van der Waals surface area contributed by atoms with Gasteiger partial charge in [-0.15, -0.1) is 0 Å². The molecule has 0 saturated carbocycles. The minimum absolute atomic E-state index is 0.844. The van der Waals surface area contributed by atoms with Crippen LogP contribution in [0.1, 0.15) is 33.1 Å². The summed E-state index contributed by atoms with van der Waals surface area (Å²) in [6.07, 6.45) is 3.95. The molecular formula is C10H20BrN. The highest BCUT2D eigenvalue weighted by atomic mass is 79.9. The number of rotatable bonds is 7. The van der Waals surface area contributed by atoms with Crippen LogP contribution in [-0.4, -0.2) is 13.1 Å². The highest BCUT2D eigenvalue weighted by molar-refractivity contribution is 9.11. The first-order chi connectivity index (χ1) is 5.63. The van der Waals surface area contributed by atoms with E-state index in [1.807, 2.05) is 0 Å². The van der Waals surface area contributed by atoms with Crippen LogP contribution in [0.3, 0.4) is 0 Å². The van der Waals surface area contributed by atoms with E-state index in [4.69, 9.17) is 0 Å². The van der Waals surface area contributed by atoms with Crippen LogP contribution < -0.4 is 5.32 Å². The van der Waals surface area contributed by atoms with Crippen molar-refractivity contribution in [3.8, 4) is 0 Å². The number of unbranched alkanes of at least 4 members (excludes halogenated alkanes) is 1. The fourth-order valence-electron chi connectivity index (χ4n) is 1.03. The number of halogens is 1. The lowest BCUT2D eigenvalue weighted by Gasteiger charge is -2.05. The quantitative estimate of drug-likeness (QED) is 0.666. The minimum atomic E-state index is 0.844. The van der Waals surface area contributed by atoms with Gasteiger partial charge >= 0.3 is 0 Å². The van der Waals surface area contributed by atoms with E-state index in [9.17, 15) is 0 Å². The second-order valence-electron chi connectivity index (χ2n) is 3.58. The van der Waals surface area contributed by atoms with Gasteiger partial charge in [-0.1, -0.05) is 49.2 Å². The first kappa shape index (κ1) is 12.2. The third-order valence-electron chi connectivity index (χ3n) is 1.70. The van der Waals surface area contributed by atoms with Crippen LogP contribution in [0.4, 0.5) is 0 Å². The summed E-state index contributed by atoms with van der Waals surface area (Å²) in [6, 6.07) is 0. The predicted molar refractivity (Wildman–Crippen MR) is 59.6 cm³/mol. The van der Waals surface area contributed by atoms with Crippen molar-refractivity contribution < 1.29 is 0 Å². The molecular weight excluding hydrogens is 214 g/mol. The van der Waals surface area contributed by atoms with Gasteiger partial charge in [-0.3, -0.25) is 0 Å². The van der Waals surface area contributed by atoms with E-state index in [0.29, 0.717) is 0 Å². The van der Waals surface area contributed by atoms with Crippen LogP contribution in [-0.2, 0) is 0 Å². The summed E-state index contributed by atoms with van der Waals surface area (Å²) in [5.74, 6) is 0.844. The van der Waals surface area contributed by atoms with Crippen LogP contribution in [0.2, 0.25) is 0 Å². The standard InChI is InChI=1S/C10H20BrN/c1-9(2)6-4-5-7-12-8-10(3)11/h9,12H,3-8H2,1-2H3. The average molecular weight is 234 g/mol. The molecule has 0 bridgehead atoms. The van der Waals surface area contributed by atoms with Gasteiger partial charge in [0.15, 0.2) is 0 Å². The maximum Gasteiger partial charge on any atom is 0.0265 e. The Hall–Kier alpha value is 0.180. The number of nitrogens with one attached hydrogen (secondary N) is 1. The number of hydrogen-bond donors (Lipinski definition) is 1. The van der Waals surface area contributed by atoms with E-state index in [1.165, 1.54) is 19.3 Å². The van der Waals surface area contributed by atoms with E-state index in [0.717, 1.165) is 23.5 Å². The van der Waals surface area contributed by atoms with Crippen molar-refractivity contribution in [2.45, 2.75) is 33.1 Å². The summed E-state index contributed by atoms with van der Waals surface area (Å²) in [6.45, 7) is 10.3. The Morgan fingerprint density at radius 3 is 2.58 bits per heavy atom. The van der Waals surface area contributed by atoms with Gasteiger partial charge in [0, 0.05) is 11.0 Å². The van der Waals surface area contributed by atoms with Gasteiger partial charge in [-0.2, -0.15) is 0 Å². The molecule has 0 heterocycles. The average Bonchev–Trinajstić information content (AvgIpc) is 1.95. The Morgan fingerprint density at radius 1 is 1.42 bits per heavy atom. The van der Waals surface area contributed by atoms with E-state index in [1.54, 1.807) is 0 Å². The van der Waals surface area contributed by atoms with Gasteiger partial charge in [0.05, 0.1) is 0 Å². The molecule has 0 aliphatic heterocycles. The van der Waals surface area contributed by atoms with E-state index in [-0.39, 0.29) is 0 Å². The molecule has 1 nitrogen and oxygen atoms in total. The predicted octanol–water partition coefficient (Wildman–Crippen LogP) is 3.31. The van der Waals surface area contributed by atoms with Gasteiger partial charge in [0.2, 0.25) is 0 Å². The van der Waals surface area contributed by atoms with E-state index >= 15 is 0 Å². The van der Waals surface area contributed by atoms with Crippen LogP contribution in [0, 0.1) is 5.92 Å². The monoisotopic (exact) mass is 233 g/mol. The smallest absolute Gasteiger partial charge is 0.0265 e. The molecule has 0 aliphatic carbocycles. The van der Waals surface area contributed by atoms with Crippen molar-refractivity contribution in [3.63, 3.8) is 0 Å². The molecule has 0 spiro atoms. The summed E-state index contributed by atoms with van der Waals surface area (Å²) in [5, 5.41) is 3.31. The number of hydrogen-bond acceptors (Lipinski definition) is 1. The molecule has 2 heteroatoms. The summed E-state index contributed by atoms with van der Waals surface area (Å²) in [7, 11) is 0. The lowest BCUT2D eigenvalue weighted by molar-refractivity contribution is 0.526. The highest BCUT2D eigenvalue weighted by Crippen LogP contribution is 2.05. The maximum atomic E-state index is 3.76. The Bertz CT molecular complexity index is 121. The van der Waals surface area contributed by atoms with Crippen molar-refractivity contribution in [1.82, 2.24) is 5.32 Å². The van der Waals surface area contributed by atoms with Crippen LogP contribution in [0.25, 0.3) is 0 Å². The molecule has 12 heavy (non-hydrogen) atoms. The molecule has 0 radical (unpaired) electrons. The van der Waals surface area contributed by atoms with Crippen molar-refractivity contribution >= 4 is 15.9 Å². The zero-order chi connectivity index (χ0) is 9.40. The fourth-order valence-corrected chi connectivity index (χ4v) is 1.22. The largest absolute Gasteiger partial charge is 0.312 e. The molecule has 0 atom stereocenters. The normalized spacial score (nSPS) is 10.7. The highest BCUT2D eigenvalue weighted by Gasteiger charge is 1.93. The molecule has 72 valence electrons. The minimum Gasteiger partial charge on any atom is -0.312 e. The molecule has 0 unspecified atom stereocenters. The molecule has 0 amide bonds. The van der Waals surface area contributed by atoms with Gasteiger partial charge in [0.1, 0.15) is 0 Å². The fraction of sp³-hybridized carbons (Fsp3) is 0.800. The molecule has 0 aromatic heterocycles. The second-order valence-corrected chi connectivity index (χ2v) is 4.71. The molecule has 0 fully saturated rings. The maximum absolute atomic E-state index is 3.76. The molecule has 0 rings (SSSR count). The lowest BCUT2D eigenvalue weighted by atomic mass is 10.1. The third kappa shape index (κ3) is 10.2. The Balaban J connectivity index is 2.96. The zero-order valence-corrected chi connectivity index (χ0v) is 9.78. The molecule has 0 aliphatic rings. The van der Waals surface area contributed by atoms with E-state index in [2.05, 4.69) is 41.7 Å². The van der Waals surface area contributed by atoms with Crippen LogP contribution in [0.5, 0.6) is 0 Å². The Morgan fingerprint density at radius 2 is 2.08 bits per heavy atom. The molecule has 1 N–H and O–H groups in total. The lowest BCUT2D eigenvalue weighted by Crippen LogP contribution is -2.16. The molecule has 0 saturated heterocycles.